The first-order chi connectivity index (χ1) is 16.1. The summed E-state index contributed by atoms with van der Waals surface area (Å²) >= 11 is 6.20. The summed E-state index contributed by atoms with van der Waals surface area (Å²) in [6.45, 7) is 6.38. The molecule has 3 heteroatoms. The number of carbonyl (C=O) groups excluding carboxylic acids is 1. The molecule has 0 bridgehead atoms. The normalized spacial score (nSPS) is 12.1. The summed E-state index contributed by atoms with van der Waals surface area (Å²) in [7, 11) is 0. The van der Waals surface area contributed by atoms with Crippen LogP contribution in [0.4, 0.5) is 0 Å². The van der Waals surface area contributed by atoms with Gasteiger partial charge in [0.05, 0.1) is 12.2 Å². The molecule has 0 saturated carbocycles. The van der Waals surface area contributed by atoms with Crippen LogP contribution in [0.25, 0.3) is 12.2 Å². The van der Waals surface area contributed by atoms with Crippen molar-refractivity contribution in [1.82, 2.24) is 0 Å². The van der Waals surface area contributed by atoms with Crippen molar-refractivity contribution in [2.75, 3.05) is 6.61 Å². The molecule has 0 radical (unpaired) electrons. The van der Waals surface area contributed by atoms with Crippen LogP contribution in [0, 0.1) is 0 Å². The second kappa shape index (κ2) is 12.4. The molecule has 0 fully saturated rings. The highest BCUT2D eigenvalue weighted by Crippen LogP contribution is 2.26. The van der Waals surface area contributed by atoms with E-state index < -0.39 is 5.97 Å². The molecule has 0 saturated heterocycles. The molecule has 0 atom stereocenters. The van der Waals surface area contributed by atoms with E-state index in [1.54, 1.807) is 13.0 Å². The van der Waals surface area contributed by atoms with Gasteiger partial charge < -0.3 is 4.74 Å². The maximum atomic E-state index is 12.9. The quantitative estimate of drug-likeness (QED) is 0.188. The van der Waals surface area contributed by atoms with Gasteiger partial charge in [0.15, 0.2) is 0 Å². The third kappa shape index (κ3) is 7.48. The van der Waals surface area contributed by atoms with Crippen molar-refractivity contribution >= 4 is 29.7 Å². The van der Waals surface area contributed by atoms with E-state index in [2.05, 4.69) is 18.7 Å². The van der Waals surface area contributed by atoms with Gasteiger partial charge in [-0.1, -0.05) is 109 Å². The lowest BCUT2D eigenvalue weighted by Gasteiger charge is -2.15. The minimum atomic E-state index is -0.398. The van der Waals surface area contributed by atoms with Gasteiger partial charge in [-0.05, 0) is 59.4 Å². The lowest BCUT2D eigenvalue weighted by Crippen LogP contribution is -2.11. The minimum Gasteiger partial charge on any atom is -0.462 e. The highest BCUT2D eigenvalue weighted by atomic mass is 35.5. The Labute approximate surface area is 201 Å². The lowest BCUT2D eigenvalue weighted by atomic mass is 9.91. The molecule has 3 rings (SSSR count). The number of hydrogen-bond acceptors (Lipinski definition) is 2. The van der Waals surface area contributed by atoms with Crippen molar-refractivity contribution in [2.45, 2.75) is 13.3 Å². The molecule has 0 heterocycles. The molecule has 2 nitrogen and oxygen atoms in total. The lowest BCUT2D eigenvalue weighted by molar-refractivity contribution is -0.138. The fourth-order valence-corrected chi connectivity index (χ4v) is 3.55. The van der Waals surface area contributed by atoms with Crippen LogP contribution in [0.5, 0.6) is 0 Å². The number of benzene rings is 3. The largest absolute Gasteiger partial charge is 0.462 e. The second-order valence-corrected chi connectivity index (χ2v) is 7.87. The number of ether oxygens (including phenoxy) is 1. The summed E-state index contributed by atoms with van der Waals surface area (Å²) < 4.78 is 5.35. The molecule has 3 aromatic rings. The van der Waals surface area contributed by atoms with Crippen LogP contribution in [-0.4, -0.2) is 12.6 Å². The Morgan fingerprint density at radius 3 is 2.27 bits per heavy atom. The summed E-state index contributed by atoms with van der Waals surface area (Å²) in [5.74, 6) is -0.398. The minimum absolute atomic E-state index is 0.290. The monoisotopic (exact) mass is 454 g/mol. The van der Waals surface area contributed by atoms with Gasteiger partial charge >= 0.3 is 5.97 Å². The Hall–Kier alpha value is -3.62. The van der Waals surface area contributed by atoms with E-state index in [-0.39, 0.29) is 6.61 Å². The van der Waals surface area contributed by atoms with E-state index in [9.17, 15) is 4.79 Å². The number of rotatable bonds is 9. The zero-order valence-corrected chi connectivity index (χ0v) is 19.5. The third-order valence-corrected chi connectivity index (χ3v) is 5.22. The first-order valence-electron chi connectivity index (χ1n) is 10.9. The molecule has 33 heavy (non-hydrogen) atoms. The summed E-state index contributed by atoms with van der Waals surface area (Å²) in [6, 6.07) is 27.6. The zero-order valence-electron chi connectivity index (χ0n) is 18.7. The van der Waals surface area contributed by atoms with Crippen molar-refractivity contribution in [3.05, 3.63) is 142 Å². The molecular formula is C30H27ClO2. The smallest absolute Gasteiger partial charge is 0.338 e. The molecule has 0 unspecified atom stereocenters. The maximum Gasteiger partial charge on any atom is 0.338 e. The molecule has 0 N–H and O–H groups in total. The van der Waals surface area contributed by atoms with Crippen molar-refractivity contribution in [3.8, 4) is 0 Å². The van der Waals surface area contributed by atoms with E-state index in [0.717, 1.165) is 22.3 Å². The number of esters is 1. The highest BCUT2D eigenvalue weighted by molar-refractivity contribution is 6.30. The standard InChI is InChI=1S/C30H27ClO2/c1-3-33-30(32)29(19-11-16-24-12-6-4-7-13-24)23(2)27(20-25-14-8-5-9-15-25)21-26-17-10-18-28(31)22-26/h4-19,21-22H,2-3,20H2,1H3/b16-11+,27-21+,29-19-. The van der Waals surface area contributed by atoms with Crippen molar-refractivity contribution in [1.29, 1.82) is 0 Å². The van der Waals surface area contributed by atoms with Gasteiger partial charge in [-0.25, -0.2) is 4.79 Å². The molecular weight excluding hydrogens is 428 g/mol. The number of halogens is 1. The molecule has 166 valence electrons. The Balaban J connectivity index is 2.00. The number of allylic oxidation sites excluding steroid dienone is 3. The van der Waals surface area contributed by atoms with E-state index in [1.807, 2.05) is 91.0 Å². The Morgan fingerprint density at radius 1 is 0.939 bits per heavy atom. The average molecular weight is 455 g/mol. The SMILES string of the molecule is C=C(/C(=C/C=C/c1ccccc1)C(=O)OCC)/C(=C/c1cccc(Cl)c1)Cc1ccccc1. The molecule has 3 aromatic carbocycles. The van der Waals surface area contributed by atoms with Gasteiger partial charge in [-0.2, -0.15) is 0 Å². The van der Waals surface area contributed by atoms with Crippen LogP contribution < -0.4 is 0 Å². The highest BCUT2D eigenvalue weighted by Gasteiger charge is 2.17. The van der Waals surface area contributed by atoms with Crippen LogP contribution in [0.1, 0.15) is 23.6 Å². The Bertz CT molecular complexity index is 1170. The summed E-state index contributed by atoms with van der Waals surface area (Å²) in [5, 5.41) is 0.653. The molecule has 0 aromatic heterocycles. The summed E-state index contributed by atoms with van der Waals surface area (Å²) in [6.07, 6.45) is 8.21. The molecule has 0 spiro atoms. The topological polar surface area (TPSA) is 26.3 Å². The fraction of sp³-hybridized carbons (Fsp3) is 0.100. The summed E-state index contributed by atoms with van der Waals surface area (Å²) in [4.78, 5) is 12.9. The number of hydrogen-bond donors (Lipinski definition) is 0. The number of carbonyl (C=O) groups is 1. The van der Waals surface area contributed by atoms with Crippen LogP contribution >= 0.6 is 11.6 Å². The van der Waals surface area contributed by atoms with Gasteiger partial charge in [0.2, 0.25) is 0 Å². The van der Waals surface area contributed by atoms with Crippen molar-refractivity contribution < 1.29 is 9.53 Å². The van der Waals surface area contributed by atoms with Crippen LogP contribution in [-0.2, 0) is 16.0 Å². The zero-order chi connectivity index (χ0) is 23.5. The van der Waals surface area contributed by atoms with Gasteiger partial charge in [0.25, 0.3) is 0 Å². The molecule has 0 aliphatic rings. The van der Waals surface area contributed by atoms with E-state index in [0.29, 0.717) is 22.6 Å². The first-order valence-corrected chi connectivity index (χ1v) is 11.2. The Morgan fingerprint density at radius 2 is 1.61 bits per heavy atom. The van der Waals surface area contributed by atoms with Crippen LogP contribution in [0.15, 0.2) is 120 Å². The van der Waals surface area contributed by atoms with Crippen LogP contribution in [0.2, 0.25) is 5.02 Å². The molecule has 0 amide bonds. The van der Waals surface area contributed by atoms with Crippen molar-refractivity contribution in [3.63, 3.8) is 0 Å². The second-order valence-electron chi connectivity index (χ2n) is 7.44. The average Bonchev–Trinajstić information content (AvgIpc) is 2.82. The van der Waals surface area contributed by atoms with Gasteiger partial charge in [0, 0.05) is 5.02 Å². The van der Waals surface area contributed by atoms with E-state index >= 15 is 0 Å². The van der Waals surface area contributed by atoms with E-state index in [4.69, 9.17) is 16.3 Å². The first kappa shape index (κ1) is 24.0. The molecule has 0 aliphatic carbocycles. The predicted octanol–water partition coefficient (Wildman–Crippen LogP) is 7.73. The predicted molar refractivity (Wildman–Crippen MR) is 139 cm³/mol. The third-order valence-electron chi connectivity index (χ3n) is 4.99. The van der Waals surface area contributed by atoms with Gasteiger partial charge in [-0.15, -0.1) is 0 Å². The van der Waals surface area contributed by atoms with Crippen LogP contribution in [0.3, 0.4) is 0 Å². The molecule has 0 aliphatic heterocycles. The van der Waals surface area contributed by atoms with Gasteiger partial charge in [-0.3, -0.25) is 0 Å². The Kier molecular flexibility index (Phi) is 9.05. The van der Waals surface area contributed by atoms with E-state index in [1.165, 1.54) is 0 Å². The maximum absolute atomic E-state index is 12.9. The van der Waals surface area contributed by atoms with Gasteiger partial charge in [0.1, 0.15) is 0 Å². The fourth-order valence-electron chi connectivity index (χ4n) is 3.35. The van der Waals surface area contributed by atoms with Crippen molar-refractivity contribution in [2.24, 2.45) is 0 Å². The summed E-state index contributed by atoms with van der Waals surface area (Å²) in [5.41, 5.74) is 5.06.